The van der Waals surface area contributed by atoms with E-state index in [-0.39, 0.29) is 17.1 Å². The molecule has 1 fully saturated rings. The molecule has 0 spiro atoms. The van der Waals surface area contributed by atoms with Crippen molar-refractivity contribution in [2.45, 2.75) is 26.1 Å². The lowest BCUT2D eigenvalue weighted by atomic mass is 10.1. The standard InChI is InChI=1S/C25H18ClF4NO3/c1-4-14-5-8-16(9-6-14)33-19-11-15(7-10-18(19)27)20(13-31)34-23(32)22-17(24(22,2)3)12-21(26)25(28,29)30/h1,5-12,17,20,22H,2-3H3. The van der Waals surface area contributed by atoms with E-state index in [1.165, 1.54) is 24.3 Å². The number of carbonyl (C=O) groups is 1. The summed E-state index contributed by atoms with van der Waals surface area (Å²) in [6, 6.07) is 11.6. The van der Waals surface area contributed by atoms with Crippen LogP contribution in [-0.4, -0.2) is 12.1 Å². The van der Waals surface area contributed by atoms with Gasteiger partial charge in [-0.2, -0.15) is 18.4 Å². The smallest absolute Gasteiger partial charge is 0.426 e. The molecule has 0 aromatic heterocycles. The predicted molar refractivity (Wildman–Crippen MR) is 116 cm³/mol. The Morgan fingerprint density at radius 2 is 1.88 bits per heavy atom. The zero-order chi connectivity index (χ0) is 25.3. The number of alkyl halides is 3. The number of terminal acetylenes is 1. The van der Waals surface area contributed by atoms with Crippen molar-refractivity contribution in [3.8, 4) is 29.9 Å². The second-order valence-corrected chi connectivity index (χ2v) is 8.65. The Morgan fingerprint density at radius 1 is 1.24 bits per heavy atom. The fraction of sp³-hybridized carbons (Fsp3) is 0.280. The highest BCUT2D eigenvalue weighted by molar-refractivity contribution is 6.30. The van der Waals surface area contributed by atoms with Gasteiger partial charge >= 0.3 is 12.1 Å². The topological polar surface area (TPSA) is 59.3 Å². The van der Waals surface area contributed by atoms with Crippen LogP contribution in [0, 0.1) is 46.7 Å². The Kier molecular flexibility index (Phi) is 6.95. The maximum Gasteiger partial charge on any atom is 0.426 e. The number of hydrogen-bond acceptors (Lipinski definition) is 4. The third kappa shape index (κ3) is 5.35. The van der Waals surface area contributed by atoms with Crippen LogP contribution in [0.4, 0.5) is 17.6 Å². The fourth-order valence-corrected chi connectivity index (χ4v) is 3.69. The number of ether oxygens (including phenoxy) is 2. The molecular formula is C25H18ClF4NO3. The first-order chi connectivity index (χ1) is 15.9. The summed E-state index contributed by atoms with van der Waals surface area (Å²) in [5, 5.41) is 8.20. The minimum Gasteiger partial charge on any atom is -0.454 e. The van der Waals surface area contributed by atoms with Crippen molar-refractivity contribution in [3.05, 3.63) is 70.5 Å². The minimum absolute atomic E-state index is 0.131. The van der Waals surface area contributed by atoms with Gasteiger partial charge in [0.1, 0.15) is 16.9 Å². The summed E-state index contributed by atoms with van der Waals surface area (Å²) < 4.78 is 63.3. The molecule has 0 N–H and O–H groups in total. The van der Waals surface area contributed by atoms with E-state index in [0.717, 1.165) is 12.1 Å². The van der Waals surface area contributed by atoms with Gasteiger partial charge in [0, 0.05) is 11.1 Å². The summed E-state index contributed by atoms with van der Waals surface area (Å²) in [7, 11) is 0. The molecule has 0 bridgehead atoms. The number of benzene rings is 2. The van der Waals surface area contributed by atoms with Gasteiger partial charge in [0.2, 0.25) is 6.10 Å². The molecule has 34 heavy (non-hydrogen) atoms. The number of halogens is 5. The van der Waals surface area contributed by atoms with Gasteiger partial charge in [-0.05, 0) is 47.7 Å². The fourth-order valence-electron chi connectivity index (χ4n) is 3.56. The number of nitrogens with zero attached hydrogens (tertiary/aromatic N) is 1. The van der Waals surface area contributed by atoms with E-state index in [1.807, 2.05) is 0 Å². The SMILES string of the molecule is C#Cc1ccc(Oc2cc(C(C#N)OC(=O)C3C(C=C(Cl)C(F)(F)F)C3(C)C)ccc2F)cc1. The van der Waals surface area contributed by atoms with E-state index < -0.39 is 46.3 Å². The van der Waals surface area contributed by atoms with Crippen LogP contribution in [0.25, 0.3) is 0 Å². The van der Waals surface area contributed by atoms with Crippen molar-refractivity contribution in [1.82, 2.24) is 0 Å². The quantitative estimate of drug-likeness (QED) is 0.257. The molecule has 0 amide bonds. The molecule has 3 atom stereocenters. The van der Waals surface area contributed by atoms with Gasteiger partial charge in [0.05, 0.1) is 5.92 Å². The highest BCUT2D eigenvalue weighted by Crippen LogP contribution is 2.60. The second-order valence-electron chi connectivity index (χ2n) is 8.24. The van der Waals surface area contributed by atoms with Gasteiger partial charge in [-0.3, -0.25) is 4.79 Å². The first-order valence-corrected chi connectivity index (χ1v) is 10.3. The Morgan fingerprint density at radius 3 is 2.44 bits per heavy atom. The number of esters is 1. The lowest BCUT2D eigenvalue weighted by Gasteiger charge is -2.14. The van der Waals surface area contributed by atoms with E-state index in [0.29, 0.717) is 5.56 Å². The van der Waals surface area contributed by atoms with Crippen LogP contribution in [-0.2, 0) is 9.53 Å². The van der Waals surface area contributed by atoms with E-state index in [2.05, 4.69) is 5.92 Å². The van der Waals surface area contributed by atoms with Crippen LogP contribution >= 0.6 is 11.6 Å². The Hall–Kier alpha value is -3.49. The molecule has 0 saturated heterocycles. The van der Waals surface area contributed by atoms with Crippen molar-refractivity contribution < 1.29 is 31.8 Å². The third-order valence-electron chi connectivity index (χ3n) is 5.62. The maximum atomic E-state index is 14.3. The Bertz CT molecular complexity index is 1210. The van der Waals surface area contributed by atoms with Crippen molar-refractivity contribution in [1.29, 1.82) is 5.26 Å². The predicted octanol–water partition coefficient (Wildman–Crippen LogP) is 6.66. The van der Waals surface area contributed by atoms with Crippen molar-refractivity contribution in [2.75, 3.05) is 0 Å². The average Bonchev–Trinajstić information content (AvgIpc) is 3.33. The first-order valence-electron chi connectivity index (χ1n) is 9.97. The average molecular weight is 492 g/mol. The van der Waals surface area contributed by atoms with Gasteiger partial charge in [-0.1, -0.05) is 43.5 Å². The van der Waals surface area contributed by atoms with Crippen LogP contribution in [0.5, 0.6) is 11.5 Å². The zero-order valence-electron chi connectivity index (χ0n) is 18.0. The molecular weight excluding hydrogens is 474 g/mol. The lowest BCUT2D eigenvalue weighted by Crippen LogP contribution is -2.15. The van der Waals surface area contributed by atoms with Gasteiger partial charge in [0.25, 0.3) is 0 Å². The second kappa shape index (κ2) is 9.40. The van der Waals surface area contributed by atoms with E-state index >= 15 is 0 Å². The Balaban J connectivity index is 1.77. The molecule has 0 aliphatic heterocycles. The number of carbonyl (C=O) groups excluding carboxylic acids is 1. The highest BCUT2D eigenvalue weighted by atomic mass is 35.5. The van der Waals surface area contributed by atoms with Crippen LogP contribution in [0.2, 0.25) is 0 Å². The van der Waals surface area contributed by atoms with Gasteiger partial charge < -0.3 is 9.47 Å². The molecule has 9 heteroatoms. The van der Waals surface area contributed by atoms with E-state index in [4.69, 9.17) is 27.5 Å². The minimum atomic E-state index is -4.73. The molecule has 1 saturated carbocycles. The van der Waals surface area contributed by atoms with Crippen molar-refractivity contribution >= 4 is 17.6 Å². The molecule has 0 radical (unpaired) electrons. The summed E-state index contributed by atoms with van der Waals surface area (Å²) in [5.41, 5.74) is -0.110. The van der Waals surface area contributed by atoms with Crippen LogP contribution in [0.15, 0.2) is 53.6 Å². The molecule has 3 rings (SSSR count). The highest BCUT2D eigenvalue weighted by Gasteiger charge is 2.62. The van der Waals surface area contributed by atoms with Crippen molar-refractivity contribution in [3.63, 3.8) is 0 Å². The molecule has 0 heterocycles. The maximum absolute atomic E-state index is 14.3. The molecule has 2 aromatic carbocycles. The molecule has 1 aliphatic carbocycles. The lowest BCUT2D eigenvalue weighted by molar-refractivity contribution is -0.149. The number of rotatable bonds is 6. The van der Waals surface area contributed by atoms with E-state index in [1.54, 1.807) is 32.0 Å². The van der Waals surface area contributed by atoms with Crippen LogP contribution in [0.1, 0.15) is 31.1 Å². The van der Waals surface area contributed by atoms with Crippen LogP contribution in [0.3, 0.4) is 0 Å². The number of nitriles is 1. The molecule has 4 nitrogen and oxygen atoms in total. The Labute approximate surface area is 198 Å². The van der Waals surface area contributed by atoms with Gasteiger partial charge in [0.15, 0.2) is 11.6 Å². The normalized spacial score (nSPS) is 20.0. The number of allylic oxidation sites excluding steroid dienone is 2. The van der Waals surface area contributed by atoms with Gasteiger partial charge in [-0.25, -0.2) is 4.39 Å². The van der Waals surface area contributed by atoms with Gasteiger partial charge in [-0.15, -0.1) is 6.42 Å². The van der Waals surface area contributed by atoms with E-state index in [9.17, 15) is 27.6 Å². The third-order valence-corrected chi connectivity index (χ3v) is 5.96. The van der Waals surface area contributed by atoms with Crippen LogP contribution < -0.4 is 4.74 Å². The summed E-state index contributed by atoms with van der Waals surface area (Å²) in [6.45, 7) is 3.19. The summed E-state index contributed by atoms with van der Waals surface area (Å²) in [4.78, 5) is 12.7. The summed E-state index contributed by atoms with van der Waals surface area (Å²) >= 11 is 5.31. The summed E-state index contributed by atoms with van der Waals surface area (Å²) in [6.07, 6.45) is -0.0810. The summed E-state index contributed by atoms with van der Waals surface area (Å²) in [5.74, 6) is -0.807. The first kappa shape index (κ1) is 25.1. The number of hydrogen-bond donors (Lipinski definition) is 0. The molecule has 3 unspecified atom stereocenters. The zero-order valence-corrected chi connectivity index (χ0v) is 18.7. The monoisotopic (exact) mass is 491 g/mol. The molecule has 176 valence electrons. The largest absolute Gasteiger partial charge is 0.454 e. The molecule has 1 aliphatic rings. The van der Waals surface area contributed by atoms with Crippen molar-refractivity contribution in [2.24, 2.45) is 17.3 Å². The molecule has 2 aromatic rings.